The van der Waals surface area contributed by atoms with E-state index in [-0.39, 0.29) is 23.5 Å². The number of hydrogen-bond donors (Lipinski definition) is 1. The van der Waals surface area contributed by atoms with E-state index in [1.165, 1.54) is 0 Å². The molecular formula is C16H11FN3O4S2-. The fourth-order valence-corrected chi connectivity index (χ4v) is 3.58. The molecule has 0 saturated heterocycles. The molecule has 0 radical (unpaired) electrons. The zero-order chi connectivity index (χ0) is 18.7. The van der Waals surface area contributed by atoms with E-state index in [0.717, 1.165) is 35.5 Å². The maximum atomic E-state index is 13.7. The first kappa shape index (κ1) is 18.1. The molecule has 0 bridgehead atoms. The Bertz CT molecular complexity index is 965. The Morgan fingerprint density at radius 2 is 1.96 bits per heavy atom. The van der Waals surface area contributed by atoms with E-state index >= 15 is 0 Å². The first-order chi connectivity index (χ1) is 12.5. The van der Waals surface area contributed by atoms with Gasteiger partial charge in [0, 0.05) is 6.42 Å². The maximum absolute atomic E-state index is 13.7. The van der Waals surface area contributed by atoms with Crippen molar-refractivity contribution in [1.29, 1.82) is 0 Å². The Morgan fingerprint density at radius 1 is 1.23 bits per heavy atom. The summed E-state index contributed by atoms with van der Waals surface area (Å²) in [5, 5.41) is 9.31. The fourth-order valence-electron chi connectivity index (χ4n) is 2.38. The van der Waals surface area contributed by atoms with Gasteiger partial charge in [0.05, 0.1) is 34.2 Å². The molecule has 0 aliphatic heterocycles. The topological polar surface area (TPSA) is 106 Å². The van der Waals surface area contributed by atoms with Crippen LogP contribution in [0.25, 0.3) is 0 Å². The fraction of sp³-hybridized carbons (Fsp3) is 0.0625. The molecule has 1 heterocycles. The van der Waals surface area contributed by atoms with Gasteiger partial charge in [-0.1, -0.05) is 30.3 Å². The Morgan fingerprint density at radius 3 is 2.62 bits per heavy atom. The smallest absolute Gasteiger partial charge is 0.337 e. The minimum absolute atomic E-state index is 0.0553. The van der Waals surface area contributed by atoms with Crippen LogP contribution < -0.4 is 4.31 Å². The van der Waals surface area contributed by atoms with Gasteiger partial charge in [-0.15, -0.1) is 0 Å². The number of hydrogen-bond acceptors (Lipinski definition) is 6. The van der Waals surface area contributed by atoms with Gasteiger partial charge < -0.3 is 9.66 Å². The Balaban J connectivity index is 2.09. The largest absolute Gasteiger partial charge is 0.755 e. The van der Waals surface area contributed by atoms with Crippen molar-refractivity contribution >= 4 is 40.5 Å². The summed E-state index contributed by atoms with van der Waals surface area (Å²) < 4.78 is 46.1. The number of anilines is 2. The lowest BCUT2D eigenvalue weighted by Gasteiger charge is -2.26. The van der Waals surface area contributed by atoms with Crippen molar-refractivity contribution in [2.24, 2.45) is 0 Å². The number of carboxylic acids is 1. The van der Waals surface area contributed by atoms with Crippen LogP contribution in [0.3, 0.4) is 0 Å². The lowest BCUT2D eigenvalue weighted by atomic mass is 10.1. The summed E-state index contributed by atoms with van der Waals surface area (Å²) in [6.45, 7) is 0. The van der Waals surface area contributed by atoms with Crippen LogP contribution in [0.5, 0.6) is 0 Å². The predicted octanol–water partition coefficient (Wildman–Crippen LogP) is 2.90. The third kappa shape index (κ3) is 3.77. The molecule has 0 aliphatic rings. The van der Waals surface area contributed by atoms with Gasteiger partial charge in [0.2, 0.25) is 0 Å². The molecule has 0 fully saturated rings. The van der Waals surface area contributed by atoms with Gasteiger partial charge in [-0.05, 0) is 23.8 Å². The molecule has 0 spiro atoms. The molecule has 1 atom stereocenters. The summed E-state index contributed by atoms with van der Waals surface area (Å²) in [7, 11) is 0. The number of halogens is 1. The molecule has 134 valence electrons. The molecule has 2 aromatic carbocycles. The van der Waals surface area contributed by atoms with E-state index in [2.05, 4.69) is 8.75 Å². The van der Waals surface area contributed by atoms with Gasteiger partial charge in [-0.2, -0.15) is 8.75 Å². The van der Waals surface area contributed by atoms with E-state index in [9.17, 15) is 23.1 Å². The van der Waals surface area contributed by atoms with Crippen molar-refractivity contribution in [3.05, 3.63) is 71.2 Å². The highest BCUT2D eigenvalue weighted by Gasteiger charge is 2.24. The van der Waals surface area contributed by atoms with Crippen molar-refractivity contribution in [1.82, 2.24) is 8.75 Å². The number of aromatic nitrogens is 2. The van der Waals surface area contributed by atoms with Gasteiger partial charge in [-0.25, -0.2) is 9.18 Å². The first-order valence-electron chi connectivity index (χ1n) is 7.25. The van der Waals surface area contributed by atoms with Crippen molar-refractivity contribution in [3.63, 3.8) is 0 Å². The number of carboxylic acid groups (broad SMARTS) is 1. The van der Waals surface area contributed by atoms with E-state index in [1.54, 1.807) is 0 Å². The number of nitrogens with zero attached hydrogens (tertiary/aromatic N) is 3. The minimum atomic E-state index is -2.93. The lowest BCUT2D eigenvalue weighted by Crippen LogP contribution is -2.23. The summed E-state index contributed by atoms with van der Waals surface area (Å²) in [6.07, 6.45) is 0.290. The number of aromatic carboxylic acids is 1. The van der Waals surface area contributed by atoms with Crippen LogP contribution in [-0.2, 0) is 17.7 Å². The quantitative estimate of drug-likeness (QED) is 0.647. The predicted molar refractivity (Wildman–Crippen MR) is 93.6 cm³/mol. The van der Waals surface area contributed by atoms with Crippen molar-refractivity contribution in [3.8, 4) is 0 Å². The van der Waals surface area contributed by atoms with Crippen LogP contribution in [-0.4, -0.2) is 28.6 Å². The second-order valence-electron chi connectivity index (χ2n) is 5.18. The molecule has 0 aliphatic carbocycles. The molecule has 26 heavy (non-hydrogen) atoms. The molecule has 0 amide bonds. The van der Waals surface area contributed by atoms with Crippen LogP contribution in [0.2, 0.25) is 0 Å². The zero-order valence-electron chi connectivity index (χ0n) is 13.0. The van der Waals surface area contributed by atoms with Crippen molar-refractivity contribution in [2.45, 2.75) is 6.42 Å². The summed E-state index contributed by atoms with van der Waals surface area (Å²) in [5.74, 6) is -2.21. The molecular weight excluding hydrogens is 381 g/mol. The molecule has 10 heteroatoms. The third-order valence-electron chi connectivity index (χ3n) is 3.50. The number of benzene rings is 2. The second-order valence-corrected chi connectivity index (χ2v) is 6.50. The Kier molecular flexibility index (Phi) is 5.35. The molecule has 3 aromatic rings. The van der Waals surface area contributed by atoms with Crippen LogP contribution in [0.4, 0.5) is 15.9 Å². The lowest BCUT2D eigenvalue weighted by molar-refractivity contribution is 0.0698. The second kappa shape index (κ2) is 7.68. The zero-order valence-corrected chi connectivity index (χ0v) is 14.7. The SMILES string of the molecule is O=C(O)c1ccc(F)cc1N(c1nsnc1Cc1ccccc1)S(=O)[O-]. The normalized spacial score (nSPS) is 11.9. The molecule has 1 unspecified atom stereocenters. The highest BCUT2D eigenvalue weighted by Crippen LogP contribution is 2.33. The third-order valence-corrected chi connectivity index (χ3v) is 4.73. The van der Waals surface area contributed by atoms with Crippen LogP contribution in [0, 0.1) is 5.82 Å². The van der Waals surface area contributed by atoms with Crippen molar-refractivity contribution in [2.75, 3.05) is 4.31 Å². The summed E-state index contributed by atoms with van der Waals surface area (Å²) in [5.41, 5.74) is 0.504. The van der Waals surface area contributed by atoms with Crippen LogP contribution in [0.1, 0.15) is 21.6 Å². The van der Waals surface area contributed by atoms with Crippen LogP contribution in [0.15, 0.2) is 48.5 Å². The van der Waals surface area contributed by atoms with Gasteiger partial charge in [0.25, 0.3) is 0 Å². The Hall–Kier alpha value is -2.69. The van der Waals surface area contributed by atoms with E-state index in [4.69, 9.17) is 0 Å². The summed E-state index contributed by atoms with van der Waals surface area (Å²) >= 11 is -2.14. The Labute approximate surface area is 154 Å². The molecule has 1 aromatic heterocycles. The molecule has 1 N–H and O–H groups in total. The van der Waals surface area contributed by atoms with Gasteiger partial charge >= 0.3 is 5.97 Å². The van der Waals surface area contributed by atoms with E-state index in [0.29, 0.717) is 10.00 Å². The summed E-state index contributed by atoms with van der Waals surface area (Å²) in [4.78, 5) is 11.4. The van der Waals surface area contributed by atoms with E-state index in [1.807, 2.05) is 30.3 Å². The van der Waals surface area contributed by atoms with Crippen molar-refractivity contribution < 1.29 is 23.1 Å². The highest BCUT2D eigenvalue weighted by atomic mass is 32.2. The monoisotopic (exact) mass is 392 g/mol. The van der Waals surface area contributed by atoms with Gasteiger partial charge in [0.15, 0.2) is 5.82 Å². The van der Waals surface area contributed by atoms with E-state index < -0.39 is 23.1 Å². The average Bonchev–Trinajstić information content (AvgIpc) is 3.03. The molecule has 3 rings (SSSR count). The highest BCUT2D eigenvalue weighted by molar-refractivity contribution is 7.81. The first-order valence-corrected chi connectivity index (χ1v) is 9.01. The maximum Gasteiger partial charge on any atom is 0.337 e. The van der Waals surface area contributed by atoms with Gasteiger partial charge in [-0.3, -0.25) is 8.51 Å². The number of carbonyl (C=O) groups is 1. The molecule has 7 nitrogen and oxygen atoms in total. The average molecular weight is 392 g/mol. The van der Waals surface area contributed by atoms with Crippen LogP contribution >= 0.6 is 11.7 Å². The summed E-state index contributed by atoms with van der Waals surface area (Å²) in [6, 6.07) is 12.0. The molecule has 0 saturated carbocycles. The minimum Gasteiger partial charge on any atom is -0.755 e. The van der Waals surface area contributed by atoms with Gasteiger partial charge in [0.1, 0.15) is 11.5 Å². The number of rotatable bonds is 6. The standard InChI is InChI=1S/C16H12FN3O4S2/c17-11-6-7-12(16(21)22)14(9-11)20(26(23)24)15-13(18-25-19-15)8-10-4-2-1-3-5-10/h1-7,9H,8H2,(H,21,22)(H,23,24)/p-1.